The Hall–Kier alpha value is -1.00. The molecule has 1 N–H and O–H groups in total. The lowest BCUT2D eigenvalue weighted by molar-refractivity contribution is 0.101. The van der Waals surface area contributed by atoms with Gasteiger partial charge in [-0.1, -0.05) is 6.92 Å². The molecule has 2 rings (SSSR count). The highest BCUT2D eigenvalue weighted by molar-refractivity contribution is 5.04. The summed E-state index contributed by atoms with van der Waals surface area (Å²) in [5.41, 5.74) is 1.11. The average molecular weight is 263 g/mol. The van der Waals surface area contributed by atoms with E-state index in [0.717, 1.165) is 37.4 Å². The molecule has 2 atom stereocenters. The van der Waals surface area contributed by atoms with Crippen molar-refractivity contribution >= 4 is 0 Å². The minimum atomic E-state index is 0.270. The van der Waals surface area contributed by atoms with Gasteiger partial charge in [0.15, 0.2) is 0 Å². The van der Waals surface area contributed by atoms with E-state index in [4.69, 9.17) is 4.74 Å². The molecule has 1 aliphatic rings. The fourth-order valence-corrected chi connectivity index (χ4v) is 2.57. The Morgan fingerprint density at radius 3 is 2.84 bits per heavy atom. The molecule has 0 spiro atoms. The molecule has 4 nitrogen and oxygen atoms in total. The van der Waals surface area contributed by atoms with E-state index in [-0.39, 0.29) is 6.04 Å². The van der Waals surface area contributed by atoms with E-state index in [2.05, 4.69) is 22.2 Å². The smallest absolute Gasteiger partial charge is 0.145 e. The summed E-state index contributed by atoms with van der Waals surface area (Å²) in [7, 11) is 0. The fraction of sp³-hybridized carbons (Fsp3) is 0.733. The van der Waals surface area contributed by atoms with Gasteiger partial charge in [-0.3, -0.25) is 0 Å². The number of nitrogens with one attached hydrogen (secondary N) is 1. The molecule has 1 aromatic heterocycles. The molecule has 0 aliphatic carbocycles. The molecule has 106 valence electrons. The van der Waals surface area contributed by atoms with Crippen LogP contribution in [0.5, 0.6) is 0 Å². The normalized spacial score (nSPS) is 20.6. The highest BCUT2D eigenvalue weighted by Crippen LogP contribution is 2.21. The number of nitrogens with zero attached hydrogens (tertiary/aromatic N) is 2. The maximum Gasteiger partial charge on any atom is 0.145 e. The lowest BCUT2D eigenvalue weighted by Gasteiger charge is -2.17. The van der Waals surface area contributed by atoms with Crippen LogP contribution in [-0.2, 0) is 4.74 Å². The Morgan fingerprint density at radius 1 is 1.42 bits per heavy atom. The standard InChI is InChI=1S/C15H25N3O/c1-3-16-14(15-17-10-12(2)11-18-15)8-4-6-13-7-5-9-19-13/h10-11,13-14,16H,3-9H2,1-2H3. The third kappa shape index (κ3) is 4.55. The topological polar surface area (TPSA) is 47.0 Å². The lowest BCUT2D eigenvalue weighted by Crippen LogP contribution is -2.23. The number of hydrogen-bond donors (Lipinski definition) is 1. The van der Waals surface area contributed by atoms with Crippen LogP contribution in [0.15, 0.2) is 12.4 Å². The molecule has 0 saturated carbocycles. The van der Waals surface area contributed by atoms with Crippen molar-refractivity contribution in [2.75, 3.05) is 13.2 Å². The lowest BCUT2D eigenvalue weighted by atomic mass is 10.0. The number of hydrogen-bond acceptors (Lipinski definition) is 4. The quantitative estimate of drug-likeness (QED) is 0.821. The molecule has 0 amide bonds. The number of aromatic nitrogens is 2. The van der Waals surface area contributed by atoms with Gasteiger partial charge < -0.3 is 10.1 Å². The largest absolute Gasteiger partial charge is 0.378 e. The Bertz CT molecular complexity index is 360. The number of aryl methyl sites for hydroxylation is 1. The van der Waals surface area contributed by atoms with Gasteiger partial charge in [0.25, 0.3) is 0 Å². The Morgan fingerprint density at radius 2 is 2.21 bits per heavy atom. The molecule has 4 heteroatoms. The summed E-state index contributed by atoms with van der Waals surface area (Å²) in [4.78, 5) is 8.89. The SMILES string of the molecule is CCNC(CCCC1CCCO1)c1ncc(C)cn1. The van der Waals surface area contributed by atoms with E-state index >= 15 is 0 Å². The molecule has 2 heterocycles. The van der Waals surface area contributed by atoms with Crippen molar-refractivity contribution in [2.24, 2.45) is 0 Å². The second-order valence-electron chi connectivity index (χ2n) is 5.29. The van der Waals surface area contributed by atoms with Gasteiger partial charge in [-0.05, 0) is 51.1 Å². The van der Waals surface area contributed by atoms with Crippen LogP contribution < -0.4 is 5.32 Å². The maximum atomic E-state index is 5.66. The van der Waals surface area contributed by atoms with Crippen molar-refractivity contribution in [1.82, 2.24) is 15.3 Å². The predicted molar refractivity (Wildman–Crippen MR) is 76.0 cm³/mol. The van der Waals surface area contributed by atoms with Gasteiger partial charge in [0, 0.05) is 19.0 Å². The second-order valence-corrected chi connectivity index (χ2v) is 5.29. The van der Waals surface area contributed by atoms with Crippen LogP contribution in [0.2, 0.25) is 0 Å². The third-order valence-electron chi connectivity index (χ3n) is 3.61. The Kier molecular flexibility index (Phi) is 5.73. The van der Waals surface area contributed by atoms with Crippen molar-refractivity contribution in [2.45, 2.75) is 58.1 Å². The fourth-order valence-electron chi connectivity index (χ4n) is 2.57. The van der Waals surface area contributed by atoms with Crippen molar-refractivity contribution in [3.05, 3.63) is 23.8 Å². The van der Waals surface area contributed by atoms with E-state index in [9.17, 15) is 0 Å². The molecule has 2 unspecified atom stereocenters. The van der Waals surface area contributed by atoms with E-state index in [1.54, 1.807) is 0 Å². The molecule has 1 saturated heterocycles. The van der Waals surface area contributed by atoms with E-state index < -0.39 is 0 Å². The summed E-state index contributed by atoms with van der Waals surface area (Å²) in [6.45, 7) is 6.04. The van der Waals surface area contributed by atoms with Gasteiger partial charge >= 0.3 is 0 Å². The first-order chi connectivity index (χ1) is 9.29. The molecule has 19 heavy (non-hydrogen) atoms. The van der Waals surface area contributed by atoms with Crippen molar-refractivity contribution in [3.63, 3.8) is 0 Å². The van der Waals surface area contributed by atoms with Gasteiger partial charge in [0.05, 0.1) is 12.1 Å². The average Bonchev–Trinajstić information content (AvgIpc) is 2.92. The summed E-state index contributed by atoms with van der Waals surface area (Å²) < 4.78 is 5.66. The summed E-state index contributed by atoms with van der Waals surface area (Å²) in [6, 6.07) is 0.270. The first-order valence-electron chi connectivity index (χ1n) is 7.43. The zero-order valence-electron chi connectivity index (χ0n) is 12.1. The summed E-state index contributed by atoms with van der Waals surface area (Å²) >= 11 is 0. The first-order valence-corrected chi connectivity index (χ1v) is 7.43. The molecule has 0 aromatic carbocycles. The molecular weight excluding hydrogens is 238 g/mol. The third-order valence-corrected chi connectivity index (χ3v) is 3.61. The monoisotopic (exact) mass is 263 g/mol. The molecular formula is C15H25N3O. The van der Waals surface area contributed by atoms with Crippen molar-refractivity contribution in [1.29, 1.82) is 0 Å². The van der Waals surface area contributed by atoms with Crippen LogP contribution in [0.4, 0.5) is 0 Å². The van der Waals surface area contributed by atoms with Gasteiger partial charge in [-0.25, -0.2) is 9.97 Å². The zero-order chi connectivity index (χ0) is 13.5. The predicted octanol–water partition coefficient (Wildman–Crippen LogP) is 2.78. The first kappa shape index (κ1) is 14.4. The van der Waals surface area contributed by atoms with Crippen LogP contribution in [0.25, 0.3) is 0 Å². The molecule has 1 aliphatic heterocycles. The Labute approximate surface area is 116 Å². The van der Waals surface area contributed by atoms with Crippen LogP contribution in [-0.4, -0.2) is 29.2 Å². The van der Waals surface area contributed by atoms with Crippen LogP contribution in [0.3, 0.4) is 0 Å². The zero-order valence-corrected chi connectivity index (χ0v) is 12.1. The minimum Gasteiger partial charge on any atom is -0.378 e. The van der Waals surface area contributed by atoms with Crippen molar-refractivity contribution in [3.8, 4) is 0 Å². The van der Waals surface area contributed by atoms with Crippen molar-refractivity contribution < 1.29 is 4.74 Å². The minimum absolute atomic E-state index is 0.270. The number of rotatable bonds is 7. The van der Waals surface area contributed by atoms with Gasteiger partial charge in [0.2, 0.25) is 0 Å². The second kappa shape index (κ2) is 7.56. The summed E-state index contributed by atoms with van der Waals surface area (Å²) in [5, 5.41) is 3.48. The molecule has 1 fully saturated rings. The van der Waals surface area contributed by atoms with Gasteiger partial charge in [-0.15, -0.1) is 0 Å². The van der Waals surface area contributed by atoms with Crippen LogP contribution in [0.1, 0.15) is 56.5 Å². The number of ether oxygens (including phenoxy) is 1. The maximum absolute atomic E-state index is 5.66. The Balaban J connectivity index is 1.82. The van der Waals surface area contributed by atoms with Crippen LogP contribution in [0, 0.1) is 6.92 Å². The highest BCUT2D eigenvalue weighted by atomic mass is 16.5. The van der Waals surface area contributed by atoms with E-state index in [1.165, 1.54) is 19.3 Å². The summed E-state index contributed by atoms with van der Waals surface area (Å²) in [5.74, 6) is 0.916. The highest BCUT2D eigenvalue weighted by Gasteiger charge is 2.17. The van der Waals surface area contributed by atoms with E-state index in [1.807, 2.05) is 19.3 Å². The van der Waals surface area contributed by atoms with Gasteiger partial charge in [0.1, 0.15) is 5.82 Å². The molecule has 0 bridgehead atoms. The molecule has 0 radical (unpaired) electrons. The molecule has 1 aromatic rings. The van der Waals surface area contributed by atoms with Crippen LogP contribution >= 0.6 is 0 Å². The van der Waals surface area contributed by atoms with E-state index in [0.29, 0.717) is 6.10 Å². The van der Waals surface area contributed by atoms with Gasteiger partial charge in [-0.2, -0.15) is 0 Å². The summed E-state index contributed by atoms with van der Waals surface area (Å²) in [6.07, 6.45) is 10.1.